The van der Waals surface area contributed by atoms with Gasteiger partial charge in [0.1, 0.15) is 0 Å². The Kier molecular flexibility index (Phi) is 4.39. The molecule has 0 N–H and O–H groups in total. The number of hydrogen-bond donors (Lipinski definition) is 0. The Balaban J connectivity index is 0.000000360. The van der Waals surface area contributed by atoms with Gasteiger partial charge in [-0.2, -0.15) is 36.4 Å². The first-order chi connectivity index (χ1) is 3.00. The molecule has 0 atom stereocenters. The van der Waals surface area contributed by atoms with Gasteiger partial charge in [-0.1, -0.05) is 0 Å². The molecule has 0 unspecified atom stereocenters. The summed E-state index contributed by atoms with van der Waals surface area (Å²) in [5.41, 5.74) is 0. The summed E-state index contributed by atoms with van der Waals surface area (Å²) >= 11 is 0. The normalized spacial score (nSPS) is 6.86. The molecule has 1 heteroatoms. The Labute approximate surface area is 63.7 Å². The zero-order chi connectivity index (χ0) is 4.24. The van der Waals surface area contributed by atoms with Crippen LogP contribution in [0.4, 0.5) is 0 Å². The van der Waals surface area contributed by atoms with E-state index >= 15 is 0 Å². The van der Waals surface area contributed by atoms with Crippen molar-refractivity contribution in [1.82, 2.24) is 0 Å². The van der Waals surface area contributed by atoms with Crippen LogP contribution in [0.3, 0.4) is 0 Å². The third-order valence-electron chi connectivity index (χ3n) is 0.607. The molecule has 0 amide bonds. The van der Waals surface area contributed by atoms with E-state index in [-0.39, 0.29) is 27.3 Å². The van der Waals surface area contributed by atoms with E-state index in [2.05, 4.69) is 6.07 Å². The van der Waals surface area contributed by atoms with Crippen molar-refractivity contribution < 1.29 is 27.3 Å². The Hall–Kier alpha value is 0.142. The molecular formula is C6H5Cd-. The molecular weight excluding hydrogens is 184 g/mol. The van der Waals surface area contributed by atoms with E-state index < -0.39 is 0 Å². The van der Waals surface area contributed by atoms with E-state index in [4.69, 9.17) is 0 Å². The maximum Gasteiger partial charge on any atom is 0 e. The molecule has 0 aliphatic rings. The van der Waals surface area contributed by atoms with E-state index in [1.165, 1.54) is 0 Å². The first-order valence-corrected chi connectivity index (χ1v) is 1.91. The van der Waals surface area contributed by atoms with Crippen LogP contribution in [-0.2, 0) is 27.3 Å². The fourth-order valence-corrected chi connectivity index (χ4v) is 0.342. The van der Waals surface area contributed by atoms with Gasteiger partial charge in [0.25, 0.3) is 0 Å². The number of benzene rings is 1. The third-order valence-corrected chi connectivity index (χ3v) is 0.607. The van der Waals surface area contributed by atoms with Gasteiger partial charge in [-0.05, 0) is 0 Å². The standard InChI is InChI=1S/C6H5.Cd/c1-2-4-6-5-3-1;/h1-5H;/q-1;. The van der Waals surface area contributed by atoms with Crippen LogP contribution in [0, 0.1) is 6.07 Å². The van der Waals surface area contributed by atoms with E-state index in [1.807, 2.05) is 30.3 Å². The first-order valence-electron chi connectivity index (χ1n) is 1.91. The Bertz CT molecular complexity index is 76.1. The predicted molar refractivity (Wildman–Crippen MR) is 25.3 cm³/mol. The van der Waals surface area contributed by atoms with Crippen LogP contribution in [0.15, 0.2) is 30.3 Å². The average Bonchev–Trinajstić information content (AvgIpc) is 1.72. The molecule has 0 fully saturated rings. The van der Waals surface area contributed by atoms with Gasteiger partial charge < -0.3 is 0 Å². The van der Waals surface area contributed by atoms with Crippen LogP contribution in [0.1, 0.15) is 0 Å². The molecule has 32 valence electrons. The number of hydrogen-bond acceptors (Lipinski definition) is 0. The predicted octanol–water partition coefficient (Wildman–Crippen LogP) is 1.48. The zero-order valence-corrected chi connectivity index (χ0v) is 8.13. The van der Waals surface area contributed by atoms with Crippen molar-refractivity contribution in [2.75, 3.05) is 0 Å². The molecule has 0 aliphatic carbocycles. The van der Waals surface area contributed by atoms with Gasteiger partial charge in [-0.3, -0.25) is 0 Å². The minimum Gasteiger partial charge on any atom is -0.184 e. The summed E-state index contributed by atoms with van der Waals surface area (Å²) < 4.78 is 0. The summed E-state index contributed by atoms with van der Waals surface area (Å²) in [6.45, 7) is 0. The van der Waals surface area contributed by atoms with Gasteiger partial charge in [-0.25, -0.2) is 0 Å². The maximum atomic E-state index is 2.89. The Morgan fingerprint density at radius 1 is 0.857 bits per heavy atom. The van der Waals surface area contributed by atoms with Crippen molar-refractivity contribution in [3.63, 3.8) is 0 Å². The molecule has 0 saturated carbocycles. The van der Waals surface area contributed by atoms with Crippen molar-refractivity contribution in [2.24, 2.45) is 0 Å². The van der Waals surface area contributed by atoms with E-state index in [0.717, 1.165) is 0 Å². The summed E-state index contributed by atoms with van der Waals surface area (Å²) in [5, 5.41) is 0. The van der Waals surface area contributed by atoms with E-state index in [0.29, 0.717) is 0 Å². The monoisotopic (exact) mass is 191 g/mol. The molecule has 0 aliphatic heterocycles. The van der Waals surface area contributed by atoms with Gasteiger partial charge in [0.2, 0.25) is 0 Å². The van der Waals surface area contributed by atoms with Crippen molar-refractivity contribution >= 4 is 0 Å². The van der Waals surface area contributed by atoms with E-state index in [1.54, 1.807) is 0 Å². The molecule has 1 aromatic carbocycles. The Morgan fingerprint density at radius 2 is 1.43 bits per heavy atom. The van der Waals surface area contributed by atoms with Gasteiger partial charge in [0.15, 0.2) is 0 Å². The summed E-state index contributed by atoms with van der Waals surface area (Å²) in [7, 11) is 0. The van der Waals surface area contributed by atoms with Gasteiger partial charge in [0.05, 0.1) is 0 Å². The van der Waals surface area contributed by atoms with Crippen LogP contribution < -0.4 is 0 Å². The smallest absolute Gasteiger partial charge is 0 e. The fraction of sp³-hybridized carbons (Fsp3) is 0. The summed E-state index contributed by atoms with van der Waals surface area (Å²) in [6, 6.07) is 12.5. The largest absolute Gasteiger partial charge is 0.184 e. The maximum absolute atomic E-state index is 2.89. The molecule has 0 spiro atoms. The molecule has 0 saturated heterocycles. The summed E-state index contributed by atoms with van der Waals surface area (Å²) in [4.78, 5) is 0. The van der Waals surface area contributed by atoms with Crippen molar-refractivity contribution in [3.8, 4) is 0 Å². The van der Waals surface area contributed by atoms with Crippen LogP contribution in [-0.4, -0.2) is 0 Å². The summed E-state index contributed by atoms with van der Waals surface area (Å²) in [6.07, 6.45) is 0. The minimum atomic E-state index is 0. The van der Waals surface area contributed by atoms with Crippen LogP contribution in [0.2, 0.25) is 0 Å². The zero-order valence-electron chi connectivity index (χ0n) is 4.09. The topological polar surface area (TPSA) is 0 Å². The van der Waals surface area contributed by atoms with E-state index in [9.17, 15) is 0 Å². The molecule has 0 nitrogen and oxygen atoms in total. The van der Waals surface area contributed by atoms with Gasteiger partial charge in [0, 0.05) is 27.3 Å². The van der Waals surface area contributed by atoms with Crippen molar-refractivity contribution in [3.05, 3.63) is 36.4 Å². The molecule has 0 heterocycles. The molecule has 0 bridgehead atoms. The van der Waals surface area contributed by atoms with Crippen LogP contribution >= 0.6 is 0 Å². The van der Waals surface area contributed by atoms with Gasteiger partial charge in [-0.15, -0.1) is 0 Å². The molecule has 7 heavy (non-hydrogen) atoms. The van der Waals surface area contributed by atoms with Crippen molar-refractivity contribution in [1.29, 1.82) is 0 Å². The van der Waals surface area contributed by atoms with Gasteiger partial charge >= 0.3 is 0 Å². The Morgan fingerprint density at radius 3 is 1.57 bits per heavy atom. The second-order valence-electron chi connectivity index (χ2n) is 1.08. The first kappa shape index (κ1) is 7.14. The van der Waals surface area contributed by atoms with Crippen LogP contribution in [0.5, 0.6) is 0 Å². The molecule has 1 rings (SSSR count). The second kappa shape index (κ2) is 4.30. The number of rotatable bonds is 0. The molecule has 1 aromatic rings. The third kappa shape index (κ3) is 2.79. The SMILES string of the molecule is [Cd].[c-]1ccccc1. The second-order valence-corrected chi connectivity index (χ2v) is 1.08. The van der Waals surface area contributed by atoms with Crippen molar-refractivity contribution in [2.45, 2.75) is 0 Å². The molecule has 0 radical (unpaired) electrons. The molecule has 0 aromatic heterocycles. The fourth-order valence-electron chi connectivity index (χ4n) is 0.342. The average molecular weight is 190 g/mol. The summed E-state index contributed by atoms with van der Waals surface area (Å²) in [5.74, 6) is 0. The quantitative estimate of drug-likeness (QED) is 0.428. The van der Waals surface area contributed by atoms with Crippen LogP contribution in [0.25, 0.3) is 0 Å². The minimum absolute atomic E-state index is 0.